The fraction of sp³-hybridized carbons (Fsp3) is 0.269. The van der Waals surface area contributed by atoms with Crippen molar-refractivity contribution < 1.29 is 20.1 Å². The Balaban J connectivity index is 1.49. The van der Waals surface area contributed by atoms with Crippen LogP contribution in [0.5, 0.6) is 11.5 Å². The first-order chi connectivity index (χ1) is 15.8. The second-order valence-electron chi connectivity index (χ2n) is 8.11. The molecule has 0 aliphatic heterocycles. The number of phenolic OH excluding ortho intramolecular Hbond substituents is 2. The Bertz CT molecular complexity index is 1070. The zero-order valence-electron chi connectivity index (χ0n) is 18.5. The van der Waals surface area contributed by atoms with Crippen LogP contribution in [-0.2, 0) is 12.8 Å². The summed E-state index contributed by atoms with van der Waals surface area (Å²) in [5, 5.41) is 36.4. The molecule has 3 aromatic rings. The average molecular weight is 469 g/mol. The molecule has 0 bridgehead atoms. The Morgan fingerprint density at radius 2 is 1.73 bits per heavy atom. The standard InChI is InChI=1S/C26H29ClN2O4/c1-17(29-16-25(32)21-13-22(30)15-23(31)14-21)11-18-5-4-7-20(12-18)26(33)28-10-9-19-6-2-3-8-24(19)27/h2-8,12-15,17,25,29-32H,9-11,16H2,1H3,(H,28,33)/t17-,25+/m1/s1. The fourth-order valence-electron chi connectivity index (χ4n) is 3.62. The van der Waals surface area contributed by atoms with Gasteiger partial charge in [0.1, 0.15) is 11.5 Å². The van der Waals surface area contributed by atoms with E-state index >= 15 is 0 Å². The summed E-state index contributed by atoms with van der Waals surface area (Å²) >= 11 is 6.16. The molecule has 5 N–H and O–H groups in total. The predicted octanol–water partition coefficient (Wildman–Crippen LogP) is 3.98. The van der Waals surface area contributed by atoms with E-state index in [2.05, 4.69) is 10.6 Å². The Morgan fingerprint density at radius 3 is 2.45 bits per heavy atom. The Kier molecular flexibility index (Phi) is 8.72. The van der Waals surface area contributed by atoms with Gasteiger partial charge in [0.2, 0.25) is 0 Å². The van der Waals surface area contributed by atoms with Gasteiger partial charge in [0.05, 0.1) is 6.10 Å². The summed E-state index contributed by atoms with van der Waals surface area (Å²) in [5.41, 5.74) is 3.02. The van der Waals surface area contributed by atoms with E-state index < -0.39 is 6.10 Å². The summed E-state index contributed by atoms with van der Waals surface area (Å²) in [5.74, 6) is -0.332. The van der Waals surface area contributed by atoms with Crippen LogP contribution < -0.4 is 10.6 Å². The molecule has 33 heavy (non-hydrogen) atoms. The van der Waals surface area contributed by atoms with Crippen LogP contribution in [-0.4, -0.2) is 40.4 Å². The van der Waals surface area contributed by atoms with Crippen molar-refractivity contribution in [1.82, 2.24) is 10.6 Å². The summed E-state index contributed by atoms with van der Waals surface area (Å²) in [6, 6.07) is 19.1. The van der Waals surface area contributed by atoms with Gasteiger partial charge < -0.3 is 26.0 Å². The van der Waals surface area contributed by atoms with Gasteiger partial charge in [0.15, 0.2) is 0 Å². The number of aliphatic hydroxyl groups is 1. The third kappa shape index (κ3) is 7.49. The molecule has 0 saturated heterocycles. The zero-order valence-corrected chi connectivity index (χ0v) is 19.2. The maximum absolute atomic E-state index is 12.6. The Morgan fingerprint density at radius 1 is 1.00 bits per heavy atom. The van der Waals surface area contributed by atoms with E-state index in [-0.39, 0.29) is 30.0 Å². The molecule has 2 atom stereocenters. The first-order valence-corrected chi connectivity index (χ1v) is 11.2. The van der Waals surface area contributed by atoms with E-state index in [1.54, 1.807) is 6.07 Å². The van der Waals surface area contributed by atoms with Crippen LogP contribution in [0.25, 0.3) is 0 Å². The van der Waals surface area contributed by atoms with Crippen LogP contribution in [0.1, 0.15) is 40.1 Å². The van der Waals surface area contributed by atoms with Gasteiger partial charge in [-0.15, -0.1) is 0 Å². The number of carbonyl (C=O) groups excluding carboxylic acids is 1. The number of hydrogen-bond donors (Lipinski definition) is 5. The van der Waals surface area contributed by atoms with Crippen molar-refractivity contribution in [1.29, 1.82) is 0 Å². The second kappa shape index (κ2) is 11.7. The third-order valence-corrected chi connectivity index (χ3v) is 5.71. The van der Waals surface area contributed by atoms with Gasteiger partial charge in [-0.05, 0) is 66.8 Å². The molecule has 3 rings (SSSR count). The van der Waals surface area contributed by atoms with Crippen molar-refractivity contribution in [3.63, 3.8) is 0 Å². The van der Waals surface area contributed by atoms with Gasteiger partial charge in [-0.3, -0.25) is 4.79 Å². The highest BCUT2D eigenvalue weighted by atomic mass is 35.5. The summed E-state index contributed by atoms with van der Waals surface area (Å²) in [4.78, 5) is 12.6. The molecule has 1 amide bonds. The molecule has 3 aromatic carbocycles. The molecule has 0 saturated carbocycles. The normalized spacial score (nSPS) is 12.8. The van der Waals surface area contributed by atoms with Crippen molar-refractivity contribution in [2.24, 2.45) is 0 Å². The van der Waals surface area contributed by atoms with Gasteiger partial charge >= 0.3 is 0 Å². The molecule has 6 nitrogen and oxygen atoms in total. The number of nitrogens with one attached hydrogen (secondary N) is 2. The van der Waals surface area contributed by atoms with Crippen molar-refractivity contribution in [3.05, 3.63) is 94.0 Å². The molecule has 0 radical (unpaired) electrons. The summed E-state index contributed by atoms with van der Waals surface area (Å²) in [6.45, 7) is 2.74. The van der Waals surface area contributed by atoms with E-state index in [4.69, 9.17) is 11.6 Å². The summed E-state index contributed by atoms with van der Waals surface area (Å²) < 4.78 is 0. The number of rotatable bonds is 10. The molecule has 0 heterocycles. The van der Waals surface area contributed by atoms with Crippen LogP contribution in [0.3, 0.4) is 0 Å². The largest absolute Gasteiger partial charge is 0.508 e. The molecule has 0 unspecified atom stereocenters. The highest BCUT2D eigenvalue weighted by Gasteiger charge is 2.13. The smallest absolute Gasteiger partial charge is 0.251 e. The minimum absolute atomic E-state index is 0.0316. The van der Waals surface area contributed by atoms with Crippen LogP contribution in [0.2, 0.25) is 5.02 Å². The monoisotopic (exact) mass is 468 g/mol. The Labute approximate surface area is 198 Å². The van der Waals surface area contributed by atoms with Gasteiger partial charge in [-0.1, -0.05) is 41.9 Å². The molecule has 0 aliphatic rings. The molecule has 174 valence electrons. The molecule has 0 fully saturated rings. The lowest BCUT2D eigenvalue weighted by Gasteiger charge is -2.18. The van der Waals surface area contributed by atoms with Gasteiger partial charge in [-0.2, -0.15) is 0 Å². The SMILES string of the molecule is C[C@H](Cc1cccc(C(=O)NCCc2ccccc2Cl)c1)NC[C@H](O)c1cc(O)cc(O)c1. The molecular formula is C26H29ClN2O4. The van der Waals surface area contributed by atoms with Crippen LogP contribution in [0.4, 0.5) is 0 Å². The number of phenols is 2. The topological polar surface area (TPSA) is 102 Å². The van der Waals surface area contributed by atoms with Gasteiger partial charge in [-0.25, -0.2) is 0 Å². The summed E-state index contributed by atoms with van der Waals surface area (Å²) in [7, 11) is 0. The maximum atomic E-state index is 12.6. The minimum Gasteiger partial charge on any atom is -0.508 e. The molecule has 0 spiro atoms. The van der Waals surface area contributed by atoms with E-state index in [9.17, 15) is 20.1 Å². The highest BCUT2D eigenvalue weighted by molar-refractivity contribution is 6.31. The van der Waals surface area contributed by atoms with Crippen molar-refractivity contribution in [3.8, 4) is 11.5 Å². The molecular weight excluding hydrogens is 440 g/mol. The van der Waals surface area contributed by atoms with Crippen LogP contribution in [0, 0.1) is 0 Å². The average Bonchev–Trinajstić information content (AvgIpc) is 2.78. The number of halogens is 1. The number of aromatic hydroxyl groups is 2. The second-order valence-corrected chi connectivity index (χ2v) is 8.52. The first kappa shape index (κ1) is 24.6. The number of amides is 1. The Hall–Kier alpha value is -3.06. The summed E-state index contributed by atoms with van der Waals surface area (Å²) in [6.07, 6.45) is 0.449. The van der Waals surface area contributed by atoms with Crippen LogP contribution in [0.15, 0.2) is 66.7 Å². The first-order valence-electron chi connectivity index (χ1n) is 10.9. The predicted molar refractivity (Wildman–Crippen MR) is 130 cm³/mol. The van der Waals surface area contributed by atoms with E-state index in [1.165, 1.54) is 18.2 Å². The van der Waals surface area contributed by atoms with Crippen molar-refractivity contribution in [2.75, 3.05) is 13.1 Å². The third-order valence-electron chi connectivity index (χ3n) is 5.34. The quantitative estimate of drug-likeness (QED) is 0.310. The van der Waals surface area contributed by atoms with E-state index in [1.807, 2.05) is 49.4 Å². The minimum atomic E-state index is -0.874. The number of aliphatic hydroxyl groups excluding tert-OH is 1. The van der Waals surface area contributed by atoms with Gasteiger partial charge in [0.25, 0.3) is 5.91 Å². The number of carbonyl (C=O) groups is 1. The highest BCUT2D eigenvalue weighted by Crippen LogP contribution is 2.24. The fourth-order valence-corrected chi connectivity index (χ4v) is 3.85. The maximum Gasteiger partial charge on any atom is 0.251 e. The molecule has 0 aromatic heterocycles. The lowest BCUT2D eigenvalue weighted by atomic mass is 10.0. The lowest BCUT2D eigenvalue weighted by molar-refractivity contribution is 0.0954. The van der Waals surface area contributed by atoms with E-state index in [0.717, 1.165) is 11.1 Å². The van der Waals surface area contributed by atoms with Crippen LogP contribution >= 0.6 is 11.6 Å². The van der Waals surface area contributed by atoms with Gasteiger partial charge in [0, 0.05) is 35.8 Å². The zero-order chi connectivity index (χ0) is 23.8. The van der Waals surface area contributed by atoms with Crippen molar-refractivity contribution >= 4 is 17.5 Å². The molecule has 7 heteroatoms. The number of hydrogen-bond acceptors (Lipinski definition) is 5. The lowest BCUT2D eigenvalue weighted by Crippen LogP contribution is -2.32. The number of benzene rings is 3. The van der Waals surface area contributed by atoms with Crippen molar-refractivity contribution in [2.45, 2.75) is 31.9 Å². The molecule has 0 aliphatic carbocycles. The van der Waals surface area contributed by atoms with E-state index in [0.29, 0.717) is 35.5 Å².